The van der Waals surface area contributed by atoms with Crippen molar-refractivity contribution in [1.29, 1.82) is 0 Å². The topological polar surface area (TPSA) is 56.5 Å². The second kappa shape index (κ2) is 4.31. The zero-order chi connectivity index (χ0) is 11.7. The van der Waals surface area contributed by atoms with Crippen molar-refractivity contribution in [2.75, 3.05) is 0 Å². The van der Waals surface area contributed by atoms with E-state index in [0.717, 1.165) is 0 Å². The third kappa shape index (κ3) is 1.99. The second-order valence-corrected chi connectivity index (χ2v) is 3.95. The number of Topliss-reactive ketones (excluding diaryl/α,β-unsaturated/α-hetero) is 1. The van der Waals surface area contributed by atoms with Crippen molar-refractivity contribution in [1.82, 2.24) is 0 Å². The van der Waals surface area contributed by atoms with Crippen LogP contribution in [-0.2, 0) is 9.53 Å². The van der Waals surface area contributed by atoms with Crippen molar-refractivity contribution < 1.29 is 18.7 Å². The van der Waals surface area contributed by atoms with Gasteiger partial charge in [0.2, 0.25) is 5.78 Å². The number of furan rings is 1. The molecule has 0 aromatic carbocycles. The van der Waals surface area contributed by atoms with Crippen molar-refractivity contribution in [3.8, 4) is 0 Å². The normalized spacial score (nSPS) is 20.1. The molecule has 1 atom stereocenters. The molecule has 0 spiro atoms. The van der Waals surface area contributed by atoms with Gasteiger partial charge in [0.05, 0.1) is 17.7 Å². The van der Waals surface area contributed by atoms with E-state index in [1.54, 1.807) is 6.07 Å². The Morgan fingerprint density at radius 2 is 2.19 bits per heavy atom. The van der Waals surface area contributed by atoms with Gasteiger partial charge in [-0.3, -0.25) is 4.79 Å². The number of ketones is 1. The molecular formula is C10H6Cl2O4. The van der Waals surface area contributed by atoms with Crippen LogP contribution in [0.3, 0.4) is 0 Å². The molecule has 0 unspecified atom stereocenters. The molecule has 0 radical (unpaired) electrons. The summed E-state index contributed by atoms with van der Waals surface area (Å²) in [5.41, 5.74) is 0. The van der Waals surface area contributed by atoms with E-state index in [0.29, 0.717) is 0 Å². The first-order valence-electron chi connectivity index (χ1n) is 4.42. The van der Waals surface area contributed by atoms with Crippen LogP contribution in [0.4, 0.5) is 0 Å². The fourth-order valence-electron chi connectivity index (χ4n) is 1.31. The Bertz CT molecular complexity index is 461. The number of ether oxygens (including phenoxy) is 1. The van der Waals surface area contributed by atoms with Crippen LogP contribution in [0.1, 0.15) is 17.0 Å². The maximum atomic E-state index is 11.6. The summed E-state index contributed by atoms with van der Waals surface area (Å²) in [7, 11) is 0. The van der Waals surface area contributed by atoms with Gasteiger partial charge in [0.25, 0.3) is 0 Å². The number of halogens is 2. The minimum absolute atomic E-state index is 0.0616. The van der Waals surface area contributed by atoms with Gasteiger partial charge in [-0.25, -0.2) is 4.79 Å². The van der Waals surface area contributed by atoms with Crippen molar-refractivity contribution >= 4 is 35.0 Å². The summed E-state index contributed by atoms with van der Waals surface area (Å²) in [5, 5.41) is -0.106. The number of hydrogen-bond donors (Lipinski definition) is 0. The molecule has 84 valence electrons. The van der Waals surface area contributed by atoms with E-state index < -0.39 is 12.1 Å². The maximum absolute atomic E-state index is 11.6. The van der Waals surface area contributed by atoms with E-state index in [4.69, 9.17) is 32.4 Å². The summed E-state index contributed by atoms with van der Waals surface area (Å²) in [6.07, 6.45) is 0.506. The lowest BCUT2D eigenvalue weighted by atomic mass is 10.1. The van der Waals surface area contributed by atoms with E-state index in [2.05, 4.69) is 0 Å². The van der Waals surface area contributed by atoms with Crippen LogP contribution < -0.4 is 0 Å². The molecule has 2 heterocycles. The van der Waals surface area contributed by atoms with E-state index >= 15 is 0 Å². The van der Waals surface area contributed by atoms with Crippen molar-refractivity contribution in [2.45, 2.75) is 12.5 Å². The molecule has 16 heavy (non-hydrogen) atoms. The molecule has 0 aliphatic carbocycles. The zero-order valence-corrected chi connectivity index (χ0v) is 9.42. The molecule has 1 aliphatic rings. The smallest absolute Gasteiger partial charge is 0.351 e. The summed E-state index contributed by atoms with van der Waals surface area (Å²) in [4.78, 5) is 22.6. The number of carbonyl (C=O) groups is 2. The standard InChI is InChI=1S/C10H6Cl2O4/c11-8-7(16-10(14)9(8)12)4-5(13)6-2-1-3-15-6/h1-3,7H,4H2/t7-/m1/s1. The van der Waals surface area contributed by atoms with E-state index in [-0.39, 0.29) is 28.0 Å². The lowest BCUT2D eigenvalue weighted by Crippen LogP contribution is -2.15. The summed E-state index contributed by atoms with van der Waals surface area (Å²) >= 11 is 11.3. The Labute approximate surface area is 101 Å². The Balaban J connectivity index is 2.08. The molecule has 1 aromatic rings. The van der Waals surface area contributed by atoms with Crippen LogP contribution in [0, 0.1) is 0 Å². The van der Waals surface area contributed by atoms with Gasteiger partial charge in [0.15, 0.2) is 5.76 Å². The SMILES string of the molecule is O=C1O[C@H](CC(=O)c2ccco2)C(Cl)=C1Cl. The van der Waals surface area contributed by atoms with E-state index in [9.17, 15) is 9.59 Å². The highest BCUT2D eigenvalue weighted by Gasteiger charge is 2.34. The molecule has 1 aromatic heterocycles. The highest BCUT2D eigenvalue weighted by molar-refractivity contribution is 6.48. The fraction of sp³-hybridized carbons (Fsp3) is 0.200. The molecule has 4 nitrogen and oxygen atoms in total. The first kappa shape index (κ1) is 11.2. The summed E-state index contributed by atoms with van der Waals surface area (Å²) < 4.78 is 9.73. The van der Waals surface area contributed by atoms with Crippen LogP contribution in [0.2, 0.25) is 0 Å². The van der Waals surface area contributed by atoms with Crippen molar-refractivity contribution in [2.24, 2.45) is 0 Å². The van der Waals surface area contributed by atoms with Crippen LogP contribution in [0.5, 0.6) is 0 Å². The number of cyclic esters (lactones) is 1. The predicted molar refractivity (Wildman–Crippen MR) is 56.3 cm³/mol. The quantitative estimate of drug-likeness (QED) is 0.619. The highest BCUT2D eigenvalue weighted by atomic mass is 35.5. The first-order chi connectivity index (χ1) is 7.59. The number of rotatable bonds is 3. The second-order valence-electron chi connectivity index (χ2n) is 3.16. The van der Waals surface area contributed by atoms with Gasteiger partial charge in [-0.05, 0) is 12.1 Å². The number of carbonyl (C=O) groups excluding carboxylic acids is 2. The first-order valence-corrected chi connectivity index (χ1v) is 5.18. The average Bonchev–Trinajstić information content (AvgIpc) is 2.85. The maximum Gasteiger partial charge on any atom is 0.351 e. The van der Waals surface area contributed by atoms with Crippen LogP contribution in [-0.4, -0.2) is 17.9 Å². The van der Waals surface area contributed by atoms with Crippen LogP contribution >= 0.6 is 23.2 Å². The highest BCUT2D eigenvalue weighted by Crippen LogP contribution is 2.31. The van der Waals surface area contributed by atoms with Gasteiger partial charge in [-0.15, -0.1) is 0 Å². The summed E-state index contributed by atoms with van der Waals surface area (Å²) in [6, 6.07) is 3.12. The predicted octanol–water partition coefficient (Wildman–Crippen LogP) is 2.47. The monoisotopic (exact) mass is 260 g/mol. The Morgan fingerprint density at radius 1 is 1.44 bits per heavy atom. The molecule has 0 amide bonds. The molecule has 0 bridgehead atoms. The molecule has 0 fully saturated rings. The van der Waals surface area contributed by atoms with Gasteiger partial charge in [0.1, 0.15) is 11.1 Å². The molecule has 2 rings (SSSR count). The van der Waals surface area contributed by atoms with Crippen molar-refractivity contribution in [3.05, 3.63) is 34.2 Å². The zero-order valence-electron chi connectivity index (χ0n) is 7.91. The van der Waals surface area contributed by atoms with E-state index in [1.165, 1.54) is 12.3 Å². The molecule has 0 saturated carbocycles. The van der Waals surface area contributed by atoms with Gasteiger partial charge in [-0.2, -0.15) is 0 Å². The Kier molecular flexibility index (Phi) is 3.03. The van der Waals surface area contributed by atoms with E-state index in [1.807, 2.05) is 0 Å². The third-order valence-corrected chi connectivity index (χ3v) is 2.97. The number of hydrogen-bond acceptors (Lipinski definition) is 4. The molecule has 6 heteroatoms. The fourth-order valence-corrected chi connectivity index (χ4v) is 1.67. The summed E-state index contributed by atoms with van der Waals surface area (Å²) in [6.45, 7) is 0. The molecule has 0 N–H and O–H groups in total. The lowest BCUT2D eigenvalue weighted by molar-refractivity contribution is -0.138. The summed E-state index contributed by atoms with van der Waals surface area (Å²) in [5.74, 6) is -0.806. The van der Waals surface area contributed by atoms with Gasteiger partial charge >= 0.3 is 5.97 Å². The molecular weight excluding hydrogens is 255 g/mol. The van der Waals surface area contributed by atoms with Crippen LogP contribution in [0.15, 0.2) is 32.9 Å². The number of esters is 1. The average molecular weight is 261 g/mol. The minimum atomic E-state index is -0.806. The molecule has 1 aliphatic heterocycles. The van der Waals surface area contributed by atoms with Crippen molar-refractivity contribution in [3.63, 3.8) is 0 Å². The Morgan fingerprint density at radius 3 is 2.69 bits per heavy atom. The minimum Gasteiger partial charge on any atom is -0.461 e. The third-order valence-electron chi connectivity index (χ3n) is 2.09. The Hall–Kier alpha value is -1.26. The molecule has 0 saturated heterocycles. The van der Waals surface area contributed by atoms with Gasteiger partial charge in [0, 0.05) is 0 Å². The van der Waals surface area contributed by atoms with Crippen LogP contribution in [0.25, 0.3) is 0 Å². The van der Waals surface area contributed by atoms with Gasteiger partial charge in [-0.1, -0.05) is 23.2 Å². The largest absolute Gasteiger partial charge is 0.461 e. The van der Waals surface area contributed by atoms with Gasteiger partial charge < -0.3 is 9.15 Å². The lowest BCUT2D eigenvalue weighted by Gasteiger charge is -2.07.